The first-order valence-corrected chi connectivity index (χ1v) is 10.5. The third kappa shape index (κ3) is 6.27. The van der Waals surface area contributed by atoms with Crippen molar-refractivity contribution in [1.82, 2.24) is 9.80 Å². The Morgan fingerprint density at radius 3 is 2.38 bits per heavy atom. The van der Waals surface area contributed by atoms with Gasteiger partial charge in [-0.15, -0.1) is 11.8 Å². The number of halogens is 1. The summed E-state index contributed by atoms with van der Waals surface area (Å²) in [5.74, 6) is -0.00970. The monoisotopic (exact) mass is 436 g/mol. The lowest BCUT2D eigenvalue weighted by atomic mass is 10.3. The summed E-state index contributed by atoms with van der Waals surface area (Å²) < 4.78 is 10.2. The van der Waals surface area contributed by atoms with Gasteiger partial charge in [-0.25, -0.2) is 0 Å². The number of nitrogens with zero attached hydrogens (tertiary/aromatic N) is 2. The van der Waals surface area contributed by atoms with Crippen molar-refractivity contribution >= 4 is 41.1 Å². The zero-order valence-corrected chi connectivity index (χ0v) is 17.3. The molecule has 9 heteroatoms. The lowest BCUT2D eigenvalue weighted by Gasteiger charge is -2.34. The van der Waals surface area contributed by atoms with Gasteiger partial charge < -0.3 is 19.0 Å². The number of benzene rings is 1. The third-order valence-electron chi connectivity index (χ3n) is 4.40. The van der Waals surface area contributed by atoms with E-state index in [0.29, 0.717) is 37.0 Å². The maximum Gasteiger partial charge on any atom is 0.307 e. The maximum absolute atomic E-state index is 12.2. The van der Waals surface area contributed by atoms with Crippen LogP contribution in [0.5, 0.6) is 0 Å². The molecule has 1 saturated heterocycles. The van der Waals surface area contributed by atoms with Crippen molar-refractivity contribution in [2.45, 2.75) is 11.3 Å². The molecule has 1 aromatic heterocycles. The number of thioether (sulfide) groups is 1. The first kappa shape index (κ1) is 21.3. The number of piperazine rings is 1. The molecule has 0 aliphatic carbocycles. The summed E-state index contributed by atoms with van der Waals surface area (Å²) in [5, 5.41) is 0.665. The van der Waals surface area contributed by atoms with E-state index in [9.17, 15) is 14.4 Å². The van der Waals surface area contributed by atoms with Gasteiger partial charge in [0.15, 0.2) is 12.4 Å². The van der Waals surface area contributed by atoms with Gasteiger partial charge in [0, 0.05) is 41.8 Å². The van der Waals surface area contributed by atoms with Crippen LogP contribution in [-0.4, -0.2) is 66.1 Å². The Labute approximate surface area is 177 Å². The molecule has 29 heavy (non-hydrogen) atoms. The van der Waals surface area contributed by atoms with Crippen molar-refractivity contribution in [3.05, 3.63) is 53.4 Å². The first-order chi connectivity index (χ1) is 14.0. The van der Waals surface area contributed by atoms with E-state index in [1.165, 1.54) is 18.0 Å². The van der Waals surface area contributed by atoms with Crippen LogP contribution in [0.3, 0.4) is 0 Å². The number of hydrogen-bond donors (Lipinski definition) is 0. The summed E-state index contributed by atoms with van der Waals surface area (Å²) in [7, 11) is 0. The molecule has 0 radical (unpaired) electrons. The third-order valence-corrected chi connectivity index (χ3v) is 5.66. The Bertz CT molecular complexity index is 833. The van der Waals surface area contributed by atoms with Crippen molar-refractivity contribution in [3.63, 3.8) is 0 Å². The number of ether oxygens (including phenoxy) is 1. The van der Waals surface area contributed by atoms with Gasteiger partial charge >= 0.3 is 5.97 Å². The predicted octanol–water partition coefficient (Wildman–Crippen LogP) is 2.94. The highest BCUT2D eigenvalue weighted by atomic mass is 35.5. The molecular weight excluding hydrogens is 416 g/mol. The molecule has 2 aromatic rings. The zero-order valence-electron chi connectivity index (χ0n) is 15.7. The van der Waals surface area contributed by atoms with E-state index >= 15 is 0 Å². The van der Waals surface area contributed by atoms with Crippen LogP contribution in [0, 0.1) is 0 Å². The molecule has 2 amide bonds. The van der Waals surface area contributed by atoms with Crippen LogP contribution < -0.4 is 0 Å². The van der Waals surface area contributed by atoms with E-state index in [-0.39, 0.29) is 30.6 Å². The Morgan fingerprint density at radius 1 is 1.03 bits per heavy atom. The number of amides is 2. The number of esters is 1. The normalized spacial score (nSPS) is 14.0. The minimum atomic E-state index is -0.411. The minimum absolute atomic E-state index is 0.188. The number of rotatable bonds is 7. The molecule has 1 aliphatic rings. The Morgan fingerprint density at radius 2 is 1.72 bits per heavy atom. The van der Waals surface area contributed by atoms with Gasteiger partial charge in [-0.1, -0.05) is 11.6 Å². The zero-order chi connectivity index (χ0) is 20.6. The van der Waals surface area contributed by atoms with Gasteiger partial charge in [-0.2, -0.15) is 0 Å². The van der Waals surface area contributed by atoms with Gasteiger partial charge in [0.1, 0.15) is 0 Å². The summed E-state index contributed by atoms with van der Waals surface area (Å²) in [6.45, 7) is 1.34. The van der Waals surface area contributed by atoms with E-state index in [1.807, 2.05) is 12.1 Å². The molecule has 0 N–H and O–H groups in total. The minimum Gasteiger partial charge on any atom is -0.459 e. The molecule has 1 aliphatic heterocycles. The second-order valence-electron chi connectivity index (χ2n) is 6.36. The highest BCUT2D eigenvalue weighted by Gasteiger charge is 2.26. The van der Waals surface area contributed by atoms with Gasteiger partial charge in [0.2, 0.25) is 0 Å². The molecule has 1 aromatic carbocycles. The molecule has 1 fully saturated rings. The van der Waals surface area contributed by atoms with Crippen molar-refractivity contribution in [2.24, 2.45) is 0 Å². The summed E-state index contributed by atoms with van der Waals surface area (Å²) in [6, 6.07) is 10.6. The van der Waals surface area contributed by atoms with Crippen LogP contribution >= 0.6 is 23.4 Å². The molecule has 0 unspecified atom stereocenters. The number of furan rings is 1. The topological polar surface area (TPSA) is 80.1 Å². The first-order valence-electron chi connectivity index (χ1n) is 9.17. The molecule has 3 rings (SSSR count). The quantitative estimate of drug-likeness (QED) is 0.490. The second-order valence-corrected chi connectivity index (χ2v) is 7.97. The average Bonchev–Trinajstić information content (AvgIpc) is 3.28. The van der Waals surface area contributed by atoms with E-state index in [4.69, 9.17) is 20.8 Å². The smallest absolute Gasteiger partial charge is 0.307 e. The Balaban J connectivity index is 1.32. The lowest BCUT2D eigenvalue weighted by Crippen LogP contribution is -2.51. The SMILES string of the molecule is O=C(CCSc1ccc(Cl)cc1)OCC(=O)N1CCN(C(=O)c2ccco2)CC1. The lowest BCUT2D eigenvalue weighted by molar-refractivity contribution is -0.152. The molecule has 0 saturated carbocycles. The molecule has 0 spiro atoms. The fourth-order valence-electron chi connectivity index (χ4n) is 2.80. The van der Waals surface area contributed by atoms with E-state index in [0.717, 1.165) is 4.90 Å². The fraction of sp³-hybridized carbons (Fsp3) is 0.350. The van der Waals surface area contributed by atoms with Crippen molar-refractivity contribution in [1.29, 1.82) is 0 Å². The van der Waals surface area contributed by atoms with Crippen molar-refractivity contribution < 1.29 is 23.5 Å². The van der Waals surface area contributed by atoms with Crippen LogP contribution in [0.15, 0.2) is 52.0 Å². The summed E-state index contributed by atoms with van der Waals surface area (Å²) >= 11 is 7.36. The van der Waals surface area contributed by atoms with Gasteiger partial charge in [-0.3, -0.25) is 14.4 Å². The molecule has 2 heterocycles. The predicted molar refractivity (Wildman–Crippen MR) is 109 cm³/mol. The van der Waals surface area contributed by atoms with Crippen LogP contribution in [-0.2, 0) is 14.3 Å². The van der Waals surface area contributed by atoms with Crippen LogP contribution in [0.25, 0.3) is 0 Å². The molecule has 7 nitrogen and oxygen atoms in total. The van der Waals surface area contributed by atoms with Gasteiger partial charge in [0.25, 0.3) is 11.8 Å². The van der Waals surface area contributed by atoms with Crippen LogP contribution in [0.2, 0.25) is 5.02 Å². The van der Waals surface area contributed by atoms with E-state index in [2.05, 4.69) is 0 Å². The number of hydrogen-bond acceptors (Lipinski definition) is 6. The van der Waals surface area contributed by atoms with Gasteiger partial charge in [-0.05, 0) is 36.4 Å². The molecular formula is C20H21ClN2O5S. The van der Waals surface area contributed by atoms with Crippen LogP contribution in [0.4, 0.5) is 0 Å². The molecule has 154 valence electrons. The maximum atomic E-state index is 12.2. The Kier molecular flexibility index (Phi) is 7.60. The van der Waals surface area contributed by atoms with Crippen LogP contribution in [0.1, 0.15) is 17.0 Å². The average molecular weight is 437 g/mol. The number of carbonyl (C=O) groups is 3. The van der Waals surface area contributed by atoms with Crippen molar-refractivity contribution in [2.75, 3.05) is 38.5 Å². The summed E-state index contributed by atoms with van der Waals surface area (Å²) in [5.41, 5.74) is 0. The molecule has 0 bridgehead atoms. The standard InChI is InChI=1S/C20H21ClN2O5S/c21-15-3-5-16(6-4-15)29-13-7-19(25)28-14-18(24)22-8-10-23(11-9-22)20(26)17-2-1-12-27-17/h1-6,12H,7-11,13-14H2. The molecule has 0 atom stereocenters. The summed E-state index contributed by atoms with van der Waals surface area (Å²) in [4.78, 5) is 40.6. The van der Waals surface area contributed by atoms with Crippen molar-refractivity contribution in [3.8, 4) is 0 Å². The van der Waals surface area contributed by atoms with E-state index in [1.54, 1.807) is 34.1 Å². The largest absolute Gasteiger partial charge is 0.459 e. The highest BCUT2D eigenvalue weighted by Crippen LogP contribution is 2.21. The van der Waals surface area contributed by atoms with Gasteiger partial charge in [0.05, 0.1) is 12.7 Å². The Hall–Kier alpha value is -2.45. The van der Waals surface area contributed by atoms with E-state index < -0.39 is 5.97 Å². The summed E-state index contributed by atoms with van der Waals surface area (Å²) in [6.07, 6.45) is 1.67. The highest BCUT2D eigenvalue weighted by molar-refractivity contribution is 7.99. The number of carbonyl (C=O) groups excluding carboxylic acids is 3. The fourth-order valence-corrected chi connectivity index (χ4v) is 3.76. The second kappa shape index (κ2) is 10.4.